The summed E-state index contributed by atoms with van der Waals surface area (Å²) >= 11 is 0. The van der Waals surface area contributed by atoms with Gasteiger partial charge in [-0.1, -0.05) is 6.92 Å². The first-order chi connectivity index (χ1) is 10.9. The maximum absolute atomic E-state index is 12.2. The molecule has 1 amide bonds. The summed E-state index contributed by atoms with van der Waals surface area (Å²) in [6.45, 7) is 3.09. The van der Waals surface area contributed by atoms with Crippen LogP contribution in [-0.4, -0.2) is 39.8 Å². The van der Waals surface area contributed by atoms with Crippen molar-refractivity contribution in [3.05, 3.63) is 24.3 Å². The van der Waals surface area contributed by atoms with E-state index < -0.39 is 10.0 Å². The van der Waals surface area contributed by atoms with E-state index in [0.717, 1.165) is 6.42 Å². The molecule has 0 radical (unpaired) electrons. The van der Waals surface area contributed by atoms with Gasteiger partial charge >= 0.3 is 0 Å². The fourth-order valence-corrected chi connectivity index (χ4v) is 3.99. The number of nitrogens with zero attached hydrogens (tertiary/aromatic N) is 1. The monoisotopic (exact) mass is 340 g/mol. The number of amides is 1. The van der Waals surface area contributed by atoms with Gasteiger partial charge in [-0.3, -0.25) is 9.10 Å². The molecule has 6 nitrogen and oxygen atoms in total. The average molecular weight is 340 g/mol. The van der Waals surface area contributed by atoms with Gasteiger partial charge in [-0.15, -0.1) is 0 Å². The van der Waals surface area contributed by atoms with E-state index in [0.29, 0.717) is 43.9 Å². The van der Waals surface area contributed by atoms with Gasteiger partial charge in [-0.05, 0) is 43.5 Å². The number of ether oxygens (including phenoxy) is 1. The van der Waals surface area contributed by atoms with E-state index in [4.69, 9.17) is 4.74 Å². The molecule has 0 atom stereocenters. The third-order valence-corrected chi connectivity index (χ3v) is 4.99. The molecule has 0 aliphatic carbocycles. The van der Waals surface area contributed by atoms with Crippen LogP contribution in [0.1, 0.15) is 32.6 Å². The molecule has 1 aromatic rings. The lowest BCUT2D eigenvalue weighted by atomic mass is 10.1. The van der Waals surface area contributed by atoms with E-state index in [1.807, 2.05) is 6.92 Å². The highest BCUT2D eigenvalue weighted by Crippen LogP contribution is 2.27. The summed E-state index contributed by atoms with van der Waals surface area (Å²) < 4.78 is 31.2. The van der Waals surface area contributed by atoms with Crippen LogP contribution in [0.2, 0.25) is 0 Å². The predicted octanol–water partition coefficient (Wildman–Crippen LogP) is 2.37. The molecular formula is C16H24N2O4S. The van der Waals surface area contributed by atoms with Crippen molar-refractivity contribution in [3.8, 4) is 0 Å². The van der Waals surface area contributed by atoms with Gasteiger partial charge in [0.1, 0.15) is 0 Å². The topological polar surface area (TPSA) is 75.7 Å². The van der Waals surface area contributed by atoms with E-state index in [9.17, 15) is 13.2 Å². The summed E-state index contributed by atoms with van der Waals surface area (Å²) in [7, 11) is -3.37. The number of carbonyl (C=O) groups excluding carboxylic acids is 1. The normalized spacial score (nSPS) is 16.1. The van der Waals surface area contributed by atoms with Crippen LogP contribution in [-0.2, 0) is 19.6 Å². The molecule has 23 heavy (non-hydrogen) atoms. The van der Waals surface area contributed by atoms with Crippen LogP contribution in [0.5, 0.6) is 0 Å². The number of rotatable bonds is 6. The summed E-state index contributed by atoms with van der Waals surface area (Å²) in [6.07, 6.45) is 3.85. The summed E-state index contributed by atoms with van der Waals surface area (Å²) in [5.74, 6) is -0.0374. The smallest absolute Gasteiger partial charge is 0.232 e. The first-order valence-corrected chi connectivity index (χ1v) is 9.73. The van der Waals surface area contributed by atoms with Gasteiger partial charge in [-0.2, -0.15) is 0 Å². The highest BCUT2D eigenvalue weighted by molar-refractivity contribution is 7.92. The Balaban J connectivity index is 2.17. The molecule has 128 valence electrons. The highest BCUT2D eigenvalue weighted by atomic mass is 32.2. The van der Waals surface area contributed by atoms with E-state index >= 15 is 0 Å². The maximum atomic E-state index is 12.2. The Morgan fingerprint density at radius 3 is 2.39 bits per heavy atom. The number of sulfonamides is 1. The largest absolute Gasteiger partial charge is 0.381 e. The molecule has 1 saturated heterocycles. The van der Waals surface area contributed by atoms with Crippen molar-refractivity contribution < 1.29 is 17.9 Å². The molecular weight excluding hydrogens is 316 g/mol. The summed E-state index contributed by atoms with van der Waals surface area (Å²) in [6, 6.07) is 6.86. The van der Waals surface area contributed by atoms with Crippen molar-refractivity contribution >= 4 is 27.3 Å². The second kappa shape index (κ2) is 7.79. The van der Waals surface area contributed by atoms with Crippen LogP contribution in [0.25, 0.3) is 0 Å². The van der Waals surface area contributed by atoms with Gasteiger partial charge < -0.3 is 10.1 Å². The number of hydrogen-bond acceptors (Lipinski definition) is 4. The minimum atomic E-state index is -3.37. The van der Waals surface area contributed by atoms with Crippen molar-refractivity contribution in [2.75, 3.05) is 29.1 Å². The fourth-order valence-electron chi connectivity index (χ4n) is 2.73. The molecule has 1 heterocycles. The summed E-state index contributed by atoms with van der Waals surface area (Å²) in [4.78, 5) is 11.6. The Bertz CT molecular complexity index is 622. The first-order valence-electron chi connectivity index (χ1n) is 7.89. The lowest BCUT2D eigenvalue weighted by molar-refractivity contribution is -0.116. The average Bonchev–Trinajstić information content (AvgIpc) is 2.49. The molecule has 0 bridgehead atoms. The molecule has 1 fully saturated rings. The Kier molecular flexibility index (Phi) is 6.01. The van der Waals surface area contributed by atoms with Gasteiger partial charge in [0.25, 0.3) is 0 Å². The quantitative estimate of drug-likeness (QED) is 0.862. The van der Waals surface area contributed by atoms with Gasteiger partial charge in [0, 0.05) is 31.4 Å². The van der Waals surface area contributed by atoms with E-state index in [-0.39, 0.29) is 11.9 Å². The predicted molar refractivity (Wildman–Crippen MR) is 91.1 cm³/mol. The highest BCUT2D eigenvalue weighted by Gasteiger charge is 2.28. The molecule has 0 unspecified atom stereocenters. The van der Waals surface area contributed by atoms with Crippen molar-refractivity contribution in [3.63, 3.8) is 0 Å². The lowest BCUT2D eigenvalue weighted by Crippen LogP contribution is -2.43. The van der Waals surface area contributed by atoms with Gasteiger partial charge in [0.05, 0.1) is 11.9 Å². The Labute approximate surface area is 137 Å². The fraction of sp³-hybridized carbons (Fsp3) is 0.562. The van der Waals surface area contributed by atoms with Gasteiger partial charge in [0.15, 0.2) is 0 Å². The van der Waals surface area contributed by atoms with E-state index in [2.05, 4.69) is 5.32 Å². The summed E-state index contributed by atoms with van der Waals surface area (Å²) in [5.41, 5.74) is 1.29. The number of hydrogen-bond donors (Lipinski definition) is 1. The molecule has 0 spiro atoms. The lowest BCUT2D eigenvalue weighted by Gasteiger charge is -2.34. The second-order valence-corrected chi connectivity index (χ2v) is 7.61. The molecule has 0 aromatic heterocycles. The number of benzene rings is 1. The van der Waals surface area contributed by atoms with Crippen molar-refractivity contribution in [2.45, 2.75) is 38.6 Å². The molecule has 2 rings (SSSR count). The third kappa shape index (κ3) is 4.94. The second-order valence-electron chi connectivity index (χ2n) is 5.75. The third-order valence-electron chi connectivity index (χ3n) is 3.76. The van der Waals surface area contributed by atoms with Crippen LogP contribution >= 0.6 is 0 Å². The first kappa shape index (κ1) is 17.7. The van der Waals surface area contributed by atoms with Crippen LogP contribution in [0.4, 0.5) is 11.4 Å². The van der Waals surface area contributed by atoms with Crippen LogP contribution in [0.15, 0.2) is 24.3 Å². The van der Waals surface area contributed by atoms with Gasteiger partial charge in [-0.25, -0.2) is 8.42 Å². The molecule has 1 aliphatic rings. The van der Waals surface area contributed by atoms with Crippen LogP contribution < -0.4 is 9.62 Å². The minimum Gasteiger partial charge on any atom is -0.381 e. The number of carbonyl (C=O) groups is 1. The Morgan fingerprint density at radius 2 is 1.87 bits per heavy atom. The van der Waals surface area contributed by atoms with E-state index in [1.165, 1.54) is 10.6 Å². The zero-order valence-electron chi connectivity index (χ0n) is 13.6. The molecule has 1 aromatic carbocycles. The van der Waals surface area contributed by atoms with Crippen molar-refractivity contribution in [2.24, 2.45) is 0 Å². The molecule has 7 heteroatoms. The summed E-state index contributed by atoms with van der Waals surface area (Å²) in [5, 5.41) is 2.80. The molecule has 0 saturated carbocycles. The van der Waals surface area contributed by atoms with Crippen molar-refractivity contribution in [1.29, 1.82) is 0 Å². The molecule has 1 N–H and O–H groups in total. The van der Waals surface area contributed by atoms with Crippen LogP contribution in [0.3, 0.4) is 0 Å². The zero-order chi connectivity index (χ0) is 16.9. The minimum absolute atomic E-state index is 0.0374. The van der Waals surface area contributed by atoms with Crippen LogP contribution in [0, 0.1) is 0 Å². The Hall–Kier alpha value is -1.60. The SMILES string of the molecule is CCCC(=O)Nc1ccc(N(C2CCOCC2)S(C)(=O)=O)cc1. The maximum Gasteiger partial charge on any atom is 0.232 e. The number of anilines is 2. The molecule has 1 aliphatic heterocycles. The Morgan fingerprint density at radius 1 is 1.26 bits per heavy atom. The standard InChI is InChI=1S/C16H24N2O4S/c1-3-4-16(19)17-13-5-7-14(8-6-13)18(23(2,20)21)15-9-11-22-12-10-15/h5-8,15H,3-4,9-12H2,1-2H3,(H,17,19). The number of nitrogens with one attached hydrogen (secondary N) is 1. The zero-order valence-corrected chi connectivity index (χ0v) is 14.4. The van der Waals surface area contributed by atoms with Gasteiger partial charge in [0.2, 0.25) is 15.9 Å². The van der Waals surface area contributed by atoms with Crippen molar-refractivity contribution in [1.82, 2.24) is 0 Å². The van der Waals surface area contributed by atoms with E-state index in [1.54, 1.807) is 24.3 Å².